The SMILES string of the molecule is CN(Cc1cccs1)C(=O)c1cc(O)cc(O)c1. The number of carbonyl (C=O) groups excluding carboxylic acids is 1. The fourth-order valence-corrected chi connectivity index (χ4v) is 2.40. The van der Waals surface area contributed by atoms with Gasteiger partial charge in [0.1, 0.15) is 11.5 Å². The van der Waals surface area contributed by atoms with E-state index in [1.165, 1.54) is 18.2 Å². The Morgan fingerprint density at radius 3 is 2.50 bits per heavy atom. The number of amides is 1. The number of benzene rings is 1. The third kappa shape index (κ3) is 2.81. The minimum absolute atomic E-state index is 0.122. The summed E-state index contributed by atoms with van der Waals surface area (Å²) in [5.41, 5.74) is 0.270. The van der Waals surface area contributed by atoms with Crippen LogP contribution in [0.4, 0.5) is 0 Å². The minimum atomic E-state index is -0.241. The summed E-state index contributed by atoms with van der Waals surface area (Å²) >= 11 is 1.58. The van der Waals surface area contributed by atoms with Crippen LogP contribution in [0.15, 0.2) is 35.7 Å². The van der Waals surface area contributed by atoms with Crippen molar-refractivity contribution in [3.8, 4) is 11.5 Å². The molecule has 2 rings (SSSR count). The first-order valence-electron chi connectivity index (χ1n) is 5.37. The molecule has 0 atom stereocenters. The molecular weight excluding hydrogens is 250 g/mol. The Balaban J connectivity index is 2.15. The highest BCUT2D eigenvalue weighted by molar-refractivity contribution is 7.09. The lowest BCUT2D eigenvalue weighted by Gasteiger charge is -2.16. The van der Waals surface area contributed by atoms with Crippen LogP contribution < -0.4 is 0 Å². The fourth-order valence-electron chi connectivity index (χ4n) is 1.65. The van der Waals surface area contributed by atoms with Crippen LogP contribution in [-0.4, -0.2) is 28.1 Å². The van der Waals surface area contributed by atoms with Crippen LogP contribution in [0.25, 0.3) is 0 Å². The maximum Gasteiger partial charge on any atom is 0.254 e. The van der Waals surface area contributed by atoms with E-state index >= 15 is 0 Å². The van der Waals surface area contributed by atoms with Crippen molar-refractivity contribution < 1.29 is 15.0 Å². The smallest absolute Gasteiger partial charge is 0.254 e. The van der Waals surface area contributed by atoms with Gasteiger partial charge in [-0.05, 0) is 23.6 Å². The van der Waals surface area contributed by atoms with E-state index < -0.39 is 0 Å². The maximum atomic E-state index is 12.1. The molecule has 0 saturated heterocycles. The molecule has 0 aliphatic rings. The van der Waals surface area contributed by atoms with Crippen LogP contribution in [-0.2, 0) is 6.54 Å². The summed E-state index contributed by atoms with van der Waals surface area (Å²) in [4.78, 5) is 14.7. The van der Waals surface area contributed by atoms with Crippen LogP contribution in [0.2, 0.25) is 0 Å². The Kier molecular flexibility index (Phi) is 3.53. The first-order chi connectivity index (χ1) is 8.56. The number of hydrogen-bond donors (Lipinski definition) is 2. The standard InChI is InChI=1S/C13H13NO3S/c1-14(8-12-3-2-4-18-12)13(17)9-5-10(15)7-11(16)6-9/h2-7,15-16H,8H2,1H3. The Morgan fingerprint density at radius 1 is 1.28 bits per heavy atom. The van der Waals surface area contributed by atoms with E-state index in [1.807, 2.05) is 17.5 Å². The Labute approximate surface area is 109 Å². The number of nitrogens with zero attached hydrogens (tertiary/aromatic N) is 1. The molecule has 0 spiro atoms. The topological polar surface area (TPSA) is 60.8 Å². The van der Waals surface area contributed by atoms with Crippen molar-refractivity contribution in [1.29, 1.82) is 0 Å². The average Bonchev–Trinajstić information content (AvgIpc) is 2.79. The van der Waals surface area contributed by atoms with Gasteiger partial charge in [0, 0.05) is 23.6 Å². The van der Waals surface area contributed by atoms with Crippen LogP contribution in [0, 0.1) is 0 Å². The Bertz CT molecular complexity index is 531. The van der Waals surface area contributed by atoms with Gasteiger partial charge in [-0.25, -0.2) is 0 Å². The summed E-state index contributed by atoms with van der Waals surface area (Å²) in [6, 6.07) is 7.75. The first-order valence-corrected chi connectivity index (χ1v) is 6.25. The van der Waals surface area contributed by atoms with Gasteiger partial charge in [-0.15, -0.1) is 11.3 Å². The van der Waals surface area contributed by atoms with E-state index in [0.29, 0.717) is 6.54 Å². The molecule has 2 N–H and O–H groups in total. The van der Waals surface area contributed by atoms with Gasteiger partial charge in [0.25, 0.3) is 5.91 Å². The van der Waals surface area contributed by atoms with E-state index in [0.717, 1.165) is 4.88 Å². The molecule has 1 amide bonds. The van der Waals surface area contributed by atoms with Gasteiger partial charge in [-0.1, -0.05) is 6.07 Å². The second-order valence-electron chi connectivity index (χ2n) is 3.98. The van der Waals surface area contributed by atoms with Gasteiger partial charge >= 0.3 is 0 Å². The number of thiophene rings is 1. The monoisotopic (exact) mass is 263 g/mol. The van der Waals surface area contributed by atoms with Gasteiger partial charge in [-0.3, -0.25) is 4.79 Å². The molecule has 0 unspecified atom stereocenters. The van der Waals surface area contributed by atoms with Crippen molar-refractivity contribution >= 4 is 17.2 Å². The van der Waals surface area contributed by atoms with Crippen molar-refractivity contribution in [3.63, 3.8) is 0 Å². The molecule has 5 heteroatoms. The van der Waals surface area contributed by atoms with Gasteiger partial charge < -0.3 is 15.1 Å². The van der Waals surface area contributed by atoms with E-state index in [1.54, 1.807) is 23.3 Å². The number of hydrogen-bond acceptors (Lipinski definition) is 4. The quantitative estimate of drug-likeness (QED) is 0.894. The predicted octanol–water partition coefficient (Wildman–Crippen LogP) is 2.43. The second kappa shape index (κ2) is 5.10. The number of phenolic OH excluding ortho intramolecular Hbond substituents is 2. The first kappa shape index (κ1) is 12.4. The van der Waals surface area contributed by atoms with Gasteiger partial charge in [-0.2, -0.15) is 0 Å². The molecule has 0 aliphatic heterocycles. The fraction of sp³-hybridized carbons (Fsp3) is 0.154. The predicted molar refractivity (Wildman–Crippen MR) is 69.9 cm³/mol. The number of phenols is 2. The zero-order valence-electron chi connectivity index (χ0n) is 9.83. The third-order valence-electron chi connectivity index (χ3n) is 2.47. The lowest BCUT2D eigenvalue weighted by atomic mass is 10.1. The van der Waals surface area contributed by atoms with Gasteiger partial charge in [0.2, 0.25) is 0 Å². The van der Waals surface area contributed by atoms with Crippen molar-refractivity contribution in [3.05, 3.63) is 46.2 Å². The summed E-state index contributed by atoms with van der Waals surface area (Å²) in [7, 11) is 1.68. The molecule has 0 radical (unpaired) electrons. The zero-order valence-corrected chi connectivity index (χ0v) is 10.6. The van der Waals surface area contributed by atoms with Crippen molar-refractivity contribution in [2.75, 3.05) is 7.05 Å². The molecule has 0 bridgehead atoms. The summed E-state index contributed by atoms with van der Waals surface area (Å²) < 4.78 is 0. The Morgan fingerprint density at radius 2 is 1.94 bits per heavy atom. The summed E-state index contributed by atoms with van der Waals surface area (Å²) in [5.74, 6) is -0.486. The molecule has 2 aromatic rings. The summed E-state index contributed by atoms with van der Waals surface area (Å²) in [6.45, 7) is 0.507. The average molecular weight is 263 g/mol. The molecule has 1 heterocycles. The Hall–Kier alpha value is -2.01. The van der Waals surface area contributed by atoms with E-state index in [-0.39, 0.29) is 23.0 Å². The molecule has 0 aliphatic carbocycles. The molecular formula is C13H13NO3S. The van der Waals surface area contributed by atoms with Crippen LogP contribution in [0.1, 0.15) is 15.2 Å². The molecule has 1 aromatic heterocycles. The van der Waals surface area contributed by atoms with Crippen molar-refractivity contribution in [2.24, 2.45) is 0 Å². The van der Waals surface area contributed by atoms with E-state index in [4.69, 9.17) is 0 Å². The molecule has 4 nitrogen and oxygen atoms in total. The molecule has 0 saturated carbocycles. The van der Waals surface area contributed by atoms with Gasteiger partial charge in [0.05, 0.1) is 6.54 Å². The van der Waals surface area contributed by atoms with Crippen molar-refractivity contribution in [2.45, 2.75) is 6.54 Å². The minimum Gasteiger partial charge on any atom is -0.508 e. The van der Waals surface area contributed by atoms with Crippen LogP contribution in [0.5, 0.6) is 11.5 Å². The lowest BCUT2D eigenvalue weighted by molar-refractivity contribution is 0.0785. The molecule has 0 fully saturated rings. The molecule has 18 heavy (non-hydrogen) atoms. The van der Waals surface area contributed by atoms with Crippen molar-refractivity contribution in [1.82, 2.24) is 4.90 Å². The summed E-state index contributed by atoms with van der Waals surface area (Å²) in [5, 5.41) is 20.7. The van der Waals surface area contributed by atoms with E-state index in [9.17, 15) is 15.0 Å². The molecule has 1 aromatic carbocycles. The molecule has 94 valence electrons. The highest BCUT2D eigenvalue weighted by Gasteiger charge is 2.14. The lowest BCUT2D eigenvalue weighted by Crippen LogP contribution is -2.25. The second-order valence-corrected chi connectivity index (χ2v) is 5.01. The zero-order chi connectivity index (χ0) is 13.1. The maximum absolute atomic E-state index is 12.1. The van der Waals surface area contributed by atoms with Gasteiger partial charge in [0.15, 0.2) is 0 Å². The van der Waals surface area contributed by atoms with Crippen LogP contribution in [0.3, 0.4) is 0 Å². The third-order valence-corrected chi connectivity index (χ3v) is 3.33. The summed E-state index contributed by atoms with van der Waals surface area (Å²) in [6.07, 6.45) is 0. The normalized spacial score (nSPS) is 10.3. The number of rotatable bonds is 3. The highest BCUT2D eigenvalue weighted by Crippen LogP contribution is 2.22. The van der Waals surface area contributed by atoms with Crippen LogP contribution >= 0.6 is 11.3 Å². The highest BCUT2D eigenvalue weighted by atomic mass is 32.1. The number of aromatic hydroxyl groups is 2. The largest absolute Gasteiger partial charge is 0.508 e. The number of carbonyl (C=O) groups is 1. The van der Waals surface area contributed by atoms with E-state index in [2.05, 4.69) is 0 Å².